The largest absolute Gasteiger partial charge is 0.463 e. The molecule has 0 aromatic carbocycles. The Kier molecular flexibility index (Phi) is 8.42. The van der Waals surface area contributed by atoms with E-state index in [-0.39, 0.29) is 12.6 Å². The maximum Gasteiger partial charge on any atom is 0.344 e. The number of hydrogen-bond donors (Lipinski definition) is 0. The Labute approximate surface area is 88.3 Å². The maximum absolute atomic E-state index is 11.0. The third-order valence-electron chi connectivity index (χ3n) is 1.22. The molecule has 0 amide bonds. The molecule has 0 rings (SSSR count). The van der Waals surface area contributed by atoms with E-state index < -0.39 is 5.97 Å². The first-order chi connectivity index (χ1) is 6.70. The predicted octanol–water partition coefficient (Wildman–Crippen LogP) is 1.24. The van der Waals surface area contributed by atoms with E-state index in [1.807, 2.05) is 6.92 Å². The molecule has 0 unspecified atom stereocenters. The van der Waals surface area contributed by atoms with Gasteiger partial charge in [-0.25, -0.2) is 4.79 Å². The van der Waals surface area contributed by atoms with E-state index in [9.17, 15) is 9.59 Å². The van der Waals surface area contributed by atoms with E-state index >= 15 is 0 Å². The van der Waals surface area contributed by atoms with Gasteiger partial charge in [-0.15, -0.1) is 0 Å². The minimum Gasteiger partial charge on any atom is -0.463 e. The van der Waals surface area contributed by atoms with Crippen LogP contribution in [0.1, 0.15) is 20.3 Å². The summed E-state index contributed by atoms with van der Waals surface area (Å²) in [5.41, 5.74) is 0. The molecule has 0 N–H and O–H groups in total. The number of ether oxygens (including phenoxy) is 2. The van der Waals surface area contributed by atoms with E-state index in [4.69, 9.17) is 0 Å². The number of carbonyl (C=O) groups is 2. The molecule has 82 valence electrons. The average Bonchev–Trinajstić information content (AvgIpc) is 2.16. The summed E-state index contributed by atoms with van der Waals surface area (Å²) in [6.45, 7) is 3.77. The molecule has 0 aromatic heterocycles. The van der Waals surface area contributed by atoms with Crippen LogP contribution in [0, 0.1) is 0 Å². The highest BCUT2D eigenvalue weighted by Crippen LogP contribution is 2.02. The maximum atomic E-state index is 11.0. The van der Waals surface area contributed by atoms with Gasteiger partial charge in [-0.3, -0.25) is 4.79 Å². The minimum absolute atomic E-state index is 0.278. The van der Waals surface area contributed by atoms with Crippen LogP contribution in [0.15, 0.2) is 0 Å². The molecule has 0 fully saturated rings. The van der Waals surface area contributed by atoms with E-state index in [1.165, 1.54) is 11.8 Å². The number of rotatable bonds is 7. The fourth-order valence-electron chi connectivity index (χ4n) is 0.684. The summed E-state index contributed by atoms with van der Waals surface area (Å²) < 4.78 is 9.26. The second-order valence-corrected chi connectivity index (χ2v) is 3.62. The Balaban J connectivity index is 3.39. The van der Waals surface area contributed by atoms with E-state index in [2.05, 4.69) is 9.47 Å². The van der Waals surface area contributed by atoms with Crippen molar-refractivity contribution in [3.63, 3.8) is 0 Å². The highest BCUT2D eigenvalue weighted by molar-refractivity contribution is 7.99. The second kappa shape index (κ2) is 8.87. The van der Waals surface area contributed by atoms with Crippen molar-refractivity contribution in [2.75, 3.05) is 24.7 Å². The molecule has 0 aliphatic heterocycles. The van der Waals surface area contributed by atoms with Gasteiger partial charge in [0, 0.05) is 0 Å². The molecule has 0 spiro atoms. The molecule has 0 heterocycles. The van der Waals surface area contributed by atoms with Gasteiger partial charge in [0.2, 0.25) is 0 Å². The van der Waals surface area contributed by atoms with Gasteiger partial charge in [-0.2, -0.15) is 11.8 Å². The first kappa shape index (κ1) is 13.3. The van der Waals surface area contributed by atoms with E-state index in [0.717, 1.165) is 12.2 Å². The highest BCUT2D eigenvalue weighted by atomic mass is 32.2. The summed E-state index contributed by atoms with van der Waals surface area (Å²) in [4.78, 5) is 21.7. The van der Waals surface area contributed by atoms with Gasteiger partial charge in [-0.05, 0) is 19.1 Å². The van der Waals surface area contributed by atoms with Crippen LogP contribution in [0.5, 0.6) is 0 Å². The number of carbonyl (C=O) groups excluding carboxylic acids is 2. The van der Waals surface area contributed by atoms with Crippen LogP contribution in [-0.4, -0.2) is 36.7 Å². The molecule has 0 aromatic rings. The first-order valence-electron chi connectivity index (χ1n) is 4.59. The molecule has 0 radical (unpaired) electrons. The molecule has 5 heteroatoms. The van der Waals surface area contributed by atoms with Gasteiger partial charge >= 0.3 is 11.9 Å². The molecule has 0 atom stereocenters. The Morgan fingerprint density at radius 1 is 1.14 bits per heavy atom. The van der Waals surface area contributed by atoms with Crippen LogP contribution >= 0.6 is 11.8 Å². The lowest BCUT2D eigenvalue weighted by molar-refractivity contribution is -0.156. The Hall–Kier alpha value is -0.710. The third-order valence-corrected chi connectivity index (χ3v) is 2.36. The molecule has 0 aliphatic rings. The Morgan fingerprint density at radius 3 is 2.43 bits per heavy atom. The zero-order valence-corrected chi connectivity index (χ0v) is 9.39. The van der Waals surface area contributed by atoms with Gasteiger partial charge < -0.3 is 9.47 Å². The van der Waals surface area contributed by atoms with Crippen molar-refractivity contribution in [3.05, 3.63) is 0 Å². The van der Waals surface area contributed by atoms with Gasteiger partial charge in [-0.1, -0.05) is 6.92 Å². The van der Waals surface area contributed by atoms with Gasteiger partial charge in [0.05, 0.1) is 12.4 Å². The fourth-order valence-corrected chi connectivity index (χ4v) is 1.37. The summed E-state index contributed by atoms with van der Waals surface area (Å²) in [6.07, 6.45) is 1.02. The smallest absolute Gasteiger partial charge is 0.344 e. The minimum atomic E-state index is -0.499. The molecule has 0 saturated heterocycles. The normalized spacial score (nSPS) is 9.57. The monoisotopic (exact) mass is 220 g/mol. The van der Waals surface area contributed by atoms with Crippen molar-refractivity contribution in [3.8, 4) is 0 Å². The van der Waals surface area contributed by atoms with Crippen molar-refractivity contribution in [2.24, 2.45) is 0 Å². The van der Waals surface area contributed by atoms with E-state index in [0.29, 0.717) is 12.4 Å². The van der Waals surface area contributed by atoms with Gasteiger partial charge in [0.15, 0.2) is 6.61 Å². The van der Waals surface area contributed by atoms with Crippen molar-refractivity contribution in [1.82, 2.24) is 0 Å². The zero-order chi connectivity index (χ0) is 10.8. The first-order valence-corrected chi connectivity index (χ1v) is 5.75. The van der Waals surface area contributed by atoms with Crippen molar-refractivity contribution >= 4 is 23.7 Å². The summed E-state index contributed by atoms with van der Waals surface area (Å²) in [5.74, 6) is 0.361. The highest BCUT2D eigenvalue weighted by Gasteiger charge is 2.07. The molecule has 0 aliphatic carbocycles. The average molecular weight is 220 g/mol. The molecule has 4 nitrogen and oxygen atoms in total. The van der Waals surface area contributed by atoms with Crippen molar-refractivity contribution < 1.29 is 19.1 Å². The quantitative estimate of drug-likeness (QED) is 0.477. The summed E-state index contributed by atoms with van der Waals surface area (Å²) in [5, 5.41) is 0. The van der Waals surface area contributed by atoms with E-state index in [1.54, 1.807) is 6.92 Å². The zero-order valence-electron chi connectivity index (χ0n) is 8.58. The lowest BCUT2D eigenvalue weighted by Gasteiger charge is -2.03. The molecule has 0 saturated carbocycles. The number of hydrogen-bond acceptors (Lipinski definition) is 5. The predicted molar refractivity (Wildman–Crippen MR) is 55.2 cm³/mol. The number of esters is 2. The fraction of sp³-hybridized carbons (Fsp3) is 0.778. The van der Waals surface area contributed by atoms with Crippen LogP contribution < -0.4 is 0 Å². The van der Waals surface area contributed by atoms with Gasteiger partial charge in [0.25, 0.3) is 0 Å². The van der Waals surface area contributed by atoms with Crippen molar-refractivity contribution in [2.45, 2.75) is 20.3 Å². The van der Waals surface area contributed by atoms with Crippen molar-refractivity contribution in [1.29, 1.82) is 0 Å². The van der Waals surface area contributed by atoms with Gasteiger partial charge in [0.1, 0.15) is 0 Å². The van der Waals surface area contributed by atoms with Crippen LogP contribution in [0.25, 0.3) is 0 Å². The SMILES string of the molecule is CCCSCC(=O)OCC(=O)OCC. The Bertz CT molecular complexity index is 182. The Morgan fingerprint density at radius 2 is 1.86 bits per heavy atom. The molecule has 14 heavy (non-hydrogen) atoms. The summed E-state index contributed by atoms with van der Waals surface area (Å²) in [6, 6.07) is 0. The summed E-state index contributed by atoms with van der Waals surface area (Å²) in [7, 11) is 0. The lowest BCUT2D eigenvalue weighted by atomic mass is 10.6. The molecular weight excluding hydrogens is 204 g/mol. The molecular formula is C9H16O4S. The van der Waals surface area contributed by atoms with Crippen LogP contribution in [0.4, 0.5) is 0 Å². The summed E-state index contributed by atoms with van der Waals surface area (Å²) >= 11 is 1.50. The van der Waals surface area contributed by atoms with Crippen LogP contribution in [0.2, 0.25) is 0 Å². The standard InChI is InChI=1S/C9H16O4S/c1-3-5-14-7-9(11)13-6-8(10)12-4-2/h3-7H2,1-2H3. The lowest BCUT2D eigenvalue weighted by Crippen LogP contribution is -2.17. The third kappa shape index (κ3) is 7.91. The number of thioether (sulfide) groups is 1. The molecule has 0 bridgehead atoms. The van der Waals surface area contributed by atoms with Crippen LogP contribution in [-0.2, 0) is 19.1 Å². The topological polar surface area (TPSA) is 52.6 Å². The second-order valence-electron chi connectivity index (χ2n) is 2.52. The van der Waals surface area contributed by atoms with Crippen LogP contribution in [0.3, 0.4) is 0 Å².